The van der Waals surface area contributed by atoms with Crippen LogP contribution in [-0.4, -0.2) is 47.9 Å². The predicted octanol–water partition coefficient (Wildman–Crippen LogP) is 1.77. The summed E-state index contributed by atoms with van der Waals surface area (Å²) in [5.41, 5.74) is 0. The quantitative estimate of drug-likeness (QED) is 0.787. The average Bonchev–Trinajstić information content (AvgIpc) is 2.43. The molecule has 1 aromatic rings. The van der Waals surface area contributed by atoms with Crippen molar-refractivity contribution in [1.82, 2.24) is 0 Å². The van der Waals surface area contributed by atoms with E-state index in [1.165, 1.54) is 6.07 Å². The Kier molecular flexibility index (Phi) is 6.28. The molecule has 1 aliphatic rings. The second-order valence-electron chi connectivity index (χ2n) is 4.88. The van der Waals surface area contributed by atoms with Gasteiger partial charge in [-0.2, -0.15) is 0 Å². The Morgan fingerprint density at radius 3 is 2.77 bits per heavy atom. The lowest BCUT2D eigenvalue weighted by molar-refractivity contribution is -0.203. The maximum Gasteiger partial charge on any atom is 0.344 e. The van der Waals surface area contributed by atoms with Gasteiger partial charge in [0.25, 0.3) is 0 Å². The Morgan fingerprint density at radius 2 is 2.09 bits per heavy atom. The Bertz CT molecular complexity index is 514. The Labute approximate surface area is 137 Å². The fourth-order valence-corrected chi connectivity index (χ4v) is 2.49. The third kappa shape index (κ3) is 5.30. The van der Waals surface area contributed by atoms with Gasteiger partial charge in [-0.3, -0.25) is 0 Å². The van der Waals surface area contributed by atoms with Gasteiger partial charge in [0, 0.05) is 17.9 Å². The minimum absolute atomic E-state index is 0.0648. The third-order valence-electron chi connectivity index (χ3n) is 3.03. The highest BCUT2D eigenvalue weighted by Crippen LogP contribution is 2.27. The zero-order valence-electron chi connectivity index (χ0n) is 11.6. The van der Waals surface area contributed by atoms with Gasteiger partial charge in [-0.05, 0) is 18.2 Å². The van der Waals surface area contributed by atoms with E-state index in [9.17, 15) is 15.0 Å². The van der Waals surface area contributed by atoms with Crippen LogP contribution in [0, 0.1) is 0 Å². The number of hydrogen-bond donors (Lipinski definition) is 2. The summed E-state index contributed by atoms with van der Waals surface area (Å²) in [6.07, 6.45) is -1.80. The molecule has 0 bridgehead atoms. The van der Waals surface area contributed by atoms with E-state index in [-0.39, 0.29) is 19.6 Å². The molecule has 1 aromatic carbocycles. The number of halogens is 2. The average molecular weight is 351 g/mol. The molecular weight excluding hydrogens is 335 g/mol. The number of aliphatic hydroxyl groups is 2. The normalized spacial score (nSPS) is 24.8. The van der Waals surface area contributed by atoms with Crippen molar-refractivity contribution < 1.29 is 29.2 Å². The second-order valence-corrected chi connectivity index (χ2v) is 5.73. The molecule has 3 unspecified atom stereocenters. The lowest BCUT2D eigenvalue weighted by atomic mass is 10.1. The minimum atomic E-state index is -1.04. The van der Waals surface area contributed by atoms with E-state index >= 15 is 0 Å². The van der Waals surface area contributed by atoms with Crippen molar-refractivity contribution in [2.75, 3.05) is 13.2 Å². The molecule has 0 aliphatic carbocycles. The van der Waals surface area contributed by atoms with Gasteiger partial charge in [0.15, 0.2) is 12.9 Å². The van der Waals surface area contributed by atoms with Gasteiger partial charge in [-0.1, -0.05) is 23.2 Å². The number of aliphatic hydroxyl groups excluding tert-OH is 2. The summed E-state index contributed by atoms with van der Waals surface area (Å²) < 4.78 is 15.4. The summed E-state index contributed by atoms with van der Waals surface area (Å²) in [5, 5.41) is 19.6. The zero-order chi connectivity index (χ0) is 16.1. The van der Waals surface area contributed by atoms with Gasteiger partial charge in [0.1, 0.15) is 12.4 Å². The number of benzene rings is 1. The highest BCUT2D eigenvalue weighted by Gasteiger charge is 2.27. The first kappa shape index (κ1) is 17.3. The minimum Gasteiger partial charge on any atom is -0.480 e. The topological polar surface area (TPSA) is 85.2 Å². The first-order valence-corrected chi connectivity index (χ1v) is 7.44. The Morgan fingerprint density at radius 1 is 1.32 bits per heavy atom. The van der Waals surface area contributed by atoms with Gasteiger partial charge >= 0.3 is 5.97 Å². The summed E-state index contributed by atoms with van der Waals surface area (Å²) >= 11 is 11.7. The molecule has 122 valence electrons. The molecule has 1 heterocycles. The van der Waals surface area contributed by atoms with Gasteiger partial charge in [-0.15, -0.1) is 0 Å². The lowest BCUT2D eigenvalue weighted by Gasteiger charge is -2.29. The van der Waals surface area contributed by atoms with Crippen LogP contribution < -0.4 is 4.74 Å². The number of esters is 1. The van der Waals surface area contributed by atoms with Crippen LogP contribution in [0.15, 0.2) is 18.2 Å². The second kappa shape index (κ2) is 7.99. The van der Waals surface area contributed by atoms with E-state index in [0.29, 0.717) is 22.2 Å². The molecule has 0 aromatic heterocycles. The molecule has 1 aliphatic heterocycles. The highest BCUT2D eigenvalue weighted by atomic mass is 35.5. The first-order chi connectivity index (χ1) is 10.4. The fraction of sp³-hybridized carbons (Fsp3) is 0.500. The number of rotatable bonds is 5. The van der Waals surface area contributed by atoms with Gasteiger partial charge < -0.3 is 24.4 Å². The molecule has 0 amide bonds. The van der Waals surface area contributed by atoms with Crippen LogP contribution in [0.25, 0.3) is 0 Å². The van der Waals surface area contributed by atoms with Gasteiger partial charge in [0.2, 0.25) is 0 Å². The van der Waals surface area contributed by atoms with Crippen molar-refractivity contribution in [2.24, 2.45) is 0 Å². The number of carbonyl (C=O) groups is 1. The molecule has 0 spiro atoms. The summed E-state index contributed by atoms with van der Waals surface area (Å²) in [5.74, 6) is -0.285. The van der Waals surface area contributed by atoms with E-state index in [1.807, 2.05) is 0 Å². The van der Waals surface area contributed by atoms with Crippen LogP contribution in [0.1, 0.15) is 12.8 Å². The standard InChI is InChI=1S/C14H16Cl2O6/c15-8-1-2-12(11(16)3-8)20-7-14(19)21-6-10-4-9(17)5-13(18)22-10/h1-3,9-10,13,17-18H,4-7H2. The first-order valence-electron chi connectivity index (χ1n) is 6.69. The molecule has 2 N–H and O–H groups in total. The largest absolute Gasteiger partial charge is 0.480 e. The van der Waals surface area contributed by atoms with Crippen LogP contribution in [0.3, 0.4) is 0 Å². The van der Waals surface area contributed by atoms with Crippen molar-refractivity contribution >= 4 is 29.2 Å². The predicted molar refractivity (Wildman–Crippen MR) is 79.0 cm³/mol. The SMILES string of the molecule is O=C(COc1ccc(Cl)cc1Cl)OCC1CC(O)CC(O)O1. The monoisotopic (exact) mass is 350 g/mol. The number of ether oxygens (including phenoxy) is 3. The molecule has 2 rings (SSSR count). The smallest absolute Gasteiger partial charge is 0.344 e. The Balaban J connectivity index is 1.74. The van der Waals surface area contributed by atoms with Crippen LogP contribution >= 0.6 is 23.2 Å². The maximum atomic E-state index is 11.6. The summed E-state index contributed by atoms with van der Waals surface area (Å²) in [7, 11) is 0. The molecule has 0 saturated carbocycles. The van der Waals surface area contributed by atoms with Crippen molar-refractivity contribution in [3.05, 3.63) is 28.2 Å². The van der Waals surface area contributed by atoms with E-state index in [0.717, 1.165) is 0 Å². The Hall–Kier alpha value is -1.05. The molecule has 1 saturated heterocycles. The number of hydrogen-bond acceptors (Lipinski definition) is 6. The third-order valence-corrected chi connectivity index (χ3v) is 3.56. The van der Waals surface area contributed by atoms with Crippen molar-refractivity contribution in [3.63, 3.8) is 0 Å². The van der Waals surface area contributed by atoms with E-state index < -0.39 is 24.5 Å². The molecule has 0 radical (unpaired) electrons. The van der Waals surface area contributed by atoms with Crippen LogP contribution in [0.5, 0.6) is 5.75 Å². The lowest BCUT2D eigenvalue weighted by Crippen LogP contribution is -2.38. The van der Waals surface area contributed by atoms with Crippen LogP contribution in [-0.2, 0) is 14.3 Å². The van der Waals surface area contributed by atoms with Crippen molar-refractivity contribution in [2.45, 2.75) is 31.3 Å². The van der Waals surface area contributed by atoms with Crippen LogP contribution in [0.4, 0.5) is 0 Å². The van der Waals surface area contributed by atoms with Crippen LogP contribution in [0.2, 0.25) is 10.0 Å². The number of carbonyl (C=O) groups excluding carboxylic acids is 1. The highest BCUT2D eigenvalue weighted by molar-refractivity contribution is 6.35. The fourth-order valence-electron chi connectivity index (χ4n) is 2.03. The molecule has 22 heavy (non-hydrogen) atoms. The van der Waals surface area contributed by atoms with E-state index in [4.69, 9.17) is 37.4 Å². The summed E-state index contributed by atoms with van der Waals surface area (Å²) in [6.45, 7) is -0.385. The molecular formula is C14H16Cl2O6. The van der Waals surface area contributed by atoms with Crippen molar-refractivity contribution in [3.8, 4) is 5.75 Å². The van der Waals surface area contributed by atoms with E-state index in [2.05, 4.69) is 0 Å². The molecule has 1 fully saturated rings. The van der Waals surface area contributed by atoms with Crippen molar-refractivity contribution in [1.29, 1.82) is 0 Å². The molecule has 3 atom stereocenters. The van der Waals surface area contributed by atoms with Gasteiger partial charge in [0.05, 0.1) is 17.2 Å². The van der Waals surface area contributed by atoms with Gasteiger partial charge in [-0.25, -0.2) is 4.79 Å². The molecule has 6 nitrogen and oxygen atoms in total. The molecule has 8 heteroatoms. The summed E-state index contributed by atoms with van der Waals surface area (Å²) in [4.78, 5) is 11.6. The zero-order valence-corrected chi connectivity index (χ0v) is 13.1. The maximum absolute atomic E-state index is 11.6. The summed E-state index contributed by atoms with van der Waals surface area (Å²) in [6, 6.07) is 4.64. The van der Waals surface area contributed by atoms with E-state index in [1.54, 1.807) is 12.1 Å².